The first-order chi connectivity index (χ1) is 13.1. The summed E-state index contributed by atoms with van der Waals surface area (Å²) in [5.41, 5.74) is 2.61. The lowest BCUT2D eigenvalue weighted by atomic mass is 10.0. The molecular weight excluding hydrogens is 342 g/mol. The molecule has 2 amide bonds. The summed E-state index contributed by atoms with van der Waals surface area (Å²) in [5.74, 6) is 0.601. The van der Waals surface area contributed by atoms with Crippen molar-refractivity contribution in [3.8, 4) is 0 Å². The third kappa shape index (κ3) is 3.68. The maximum atomic E-state index is 13.0. The van der Waals surface area contributed by atoms with Gasteiger partial charge >= 0.3 is 0 Å². The molecule has 0 spiro atoms. The second kappa shape index (κ2) is 7.20. The molecule has 0 bridgehead atoms. The van der Waals surface area contributed by atoms with Crippen molar-refractivity contribution < 1.29 is 9.59 Å². The summed E-state index contributed by atoms with van der Waals surface area (Å²) in [6.45, 7) is 2.79. The van der Waals surface area contributed by atoms with Gasteiger partial charge in [0.05, 0.1) is 12.2 Å². The van der Waals surface area contributed by atoms with Gasteiger partial charge in [0.1, 0.15) is 5.65 Å². The SMILES string of the molecule is CC(=O)Nc1ccc(C[C@H]2NCCN(c3cn4ccccc4n3)C2=O)cc1. The molecule has 1 aromatic carbocycles. The van der Waals surface area contributed by atoms with E-state index in [4.69, 9.17) is 0 Å². The lowest BCUT2D eigenvalue weighted by Crippen LogP contribution is -2.56. The van der Waals surface area contributed by atoms with Crippen molar-refractivity contribution in [2.24, 2.45) is 0 Å². The van der Waals surface area contributed by atoms with Gasteiger partial charge in [-0.05, 0) is 36.2 Å². The number of anilines is 2. The Morgan fingerprint density at radius 1 is 1.26 bits per heavy atom. The van der Waals surface area contributed by atoms with Crippen molar-refractivity contribution in [2.45, 2.75) is 19.4 Å². The first-order valence-electron chi connectivity index (χ1n) is 8.95. The van der Waals surface area contributed by atoms with Gasteiger partial charge in [-0.2, -0.15) is 0 Å². The number of carbonyl (C=O) groups excluding carboxylic acids is 2. The van der Waals surface area contributed by atoms with Crippen LogP contribution in [-0.4, -0.2) is 40.3 Å². The largest absolute Gasteiger partial charge is 0.326 e. The quantitative estimate of drug-likeness (QED) is 0.741. The summed E-state index contributed by atoms with van der Waals surface area (Å²) in [6, 6.07) is 13.1. The zero-order chi connectivity index (χ0) is 18.8. The summed E-state index contributed by atoms with van der Waals surface area (Å²) < 4.78 is 1.92. The van der Waals surface area contributed by atoms with Crippen LogP contribution in [0.25, 0.3) is 5.65 Å². The molecule has 2 aromatic heterocycles. The van der Waals surface area contributed by atoms with Crippen LogP contribution in [0.3, 0.4) is 0 Å². The molecule has 0 saturated carbocycles. The minimum Gasteiger partial charge on any atom is -0.326 e. The number of nitrogens with zero attached hydrogens (tertiary/aromatic N) is 3. The molecule has 0 unspecified atom stereocenters. The van der Waals surface area contributed by atoms with Crippen LogP contribution >= 0.6 is 0 Å². The van der Waals surface area contributed by atoms with Crippen LogP contribution in [0.15, 0.2) is 54.9 Å². The summed E-state index contributed by atoms with van der Waals surface area (Å²) in [5, 5.41) is 6.05. The van der Waals surface area contributed by atoms with E-state index in [9.17, 15) is 9.59 Å². The van der Waals surface area contributed by atoms with Crippen LogP contribution < -0.4 is 15.5 Å². The Morgan fingerprint density at radius 2 is 2.07 bits per heavy atom. The van der Waals surface area contributed by atoms with Crippen LogP contribution in [-0.2, 0) is 16.0 Å². The molecule has 1 fully saturated rings. The Kier molecular flexibility index (Phi) is 4.60. The van der Waals surface area contributed by atoms with E-state index in [2.05, 4.69) is 15.6 Å². The number of carbonyl (C=O) groups is 2. The standard InChI is InChI=1S/C20H21N5O2/c1-14(26)22-16-7-5-15(6-8-16)12-17-20(27)25(11-9-21-17)19-13-24-10-3-2-4-18(24)23-19/h2-8,10,13,17,21H,9,11-12H2,1H3,(H,22,26)/t17-/m1/s1. The molecule has 1 aliphatic rings. The van der Waals surface area contributed by atoms with Crippen LogP contribution in [0.4, 0.5) is 11.5 Å². The van der Waals surface area contributed by atoms with Crippen molar-refractivity contribution in [1.29, 1.82) is 0 Å². The van der Waals surface area contributed by atoms with Crippen molar-refractivity contribution >= 4 is 29.0 Å². The average Bonchev–Trinajstić information content (AvgIpc) is 3.08. The molecule has 3 aromatic rings. The Bertz CT molecular complexity index is 946. The van der Waals surface area contributed by atoms with Gasteiger partial charge in [-0.1, -0.05) is 18.2 Å². The zero-order valence-electron chi connectivity index (χ0n) is 15.1. The van der Waals surface area contributed by atoms with E-state index in [0.717, 1.165) is 16.9 Å². The lowest BCUT2D eigenvalue weighted by Gasteiger charge is -2.31. The molecule has 138 valence electrons. The van der Waals surface area contributed by atoms with Gasteiger partial charge in [0.25, 0.3) is 0 Å². The molecule has 0 radical (unpaired) electrons. The highest BCUT2D eigenvalue weighted by atomic mass is 16.2. The summed E-state index contributed by atoms with van der Waals surface area (Å²) in [7, 11) is 0. The second-order valence-corrected chi connectivity index (χ2v) is 6.64. The van der Waals surface area contributed by atoms with E-state index in [1.165, 1.54) is 6.92 Å². The minimum absolute atomic E-state index is 0.0237. The molecule has 27 heavy (non-hydrogen) atoms. The van der Waals surface area contributed by atoms with Crippen molar-refractivity contribution in [3.63, 3.8) is 0 Å². The number of benzene rings is 1. The normalized spacial score (nSPS) is 17.3. The first kappa shape index (κ1) is 17.2. The van der Waals surface area contributed by atoms with E-state index in [1.807, 2.05) is 59.3 Å². The fourth-order valence-electron chi connectivity index (χ4n) is 3.34. The molecular formula is C20H21N5O2. The Morgan fingerprint density at radius 3 is 2.81 bits per heavy atom. The van der Waals surface area contributed by atoms with Gasteiger partial charge < -0.3 is 15.0 Å². The highest BCUT2D eigenvalue weighted by molar-refractivity contribution is 5.97. The predicted octanol–water partition coefficient (Wildman–Crippen LogP) is 1.84. The van der Waals surface area contributed by atoms with Gasteiger partial charge in [-0.15, -0.1) is 0 Å². The van der Waals surface area contributed by atoms with Crippen molar-refractivity contribution in [2.75, 3.05) is 23.3 Å². The van der Waals surface area contributed by atoms with E-state index >= 15 is 0 Å². The van der Waals surface area contributed by atoms with E-state index in [1.54, 1.807) is 4.90 Å². The van der Waals surface area contributed by atoms with E-state index in [-0.39, 0.29) is 17.9 Å². The van der Waals surface area contributed by atoms with Crippen LogP contribution in [0.5, 0.6) is 0 Å². The number of hydrogen-bond acceptors (Lipinski definition) is 4. The topological polar surface area (TPSA) is 78.7 Å². The van der Waals surface area contributed by atoms with Gasteiger partial charge in [-0.3, -0.25) is 14.5 Å². The molecule has 7 nitrogen and oxygen atoms in total. The van der Waals surface area contributed by atoms with Gasteiger partial charge in [0.2, 0.25) is 11.8 Å². The third-order valence-electron chi connectivity index (χ3n) is 4.63. The molecule has 1 saturated heterocycles. The molecule has 4 rings (SSSR count). The number of rotatable bonds is 4. The number of pyridine rings is 1. The molecule has 0 aliphatic carbocycles. The molecule has 3 heterocycles. The monoisotopic (exact) mass is 363 g/mol. The zero-order valence-corrected chi connectivity index (χ0v) is 15.1. The summed E-state index contributed by atoms with van der Waals surface area (Å²) >= 11 is 0. The summed E-state index contributed by atoms with van der Waals surface area (Å²) in [4.78, 5) is 30.4. The van der Waals surface area contributed by atoms with Crippen LogP contribution in [0, 0.1) is 0 Å². The minimum atomic E-state index is -0.296. The highest BCUT2D eigenvalue weighted by Crippen LogP contribution is 2.19. The van der Waals surface area contributed by atoms with Gasteiger partial charge in [0.15, 0.2) is 5.82 Å². The fourth-order valence-corrected chi connectivity index (χ4v) is 3.34. The number of piperazine rings is 1. The maximum absolute atomic E-state index is 13.0. The molecule has 1 aliphatic heterocycles. The van der Waals surface area contributed by atoms with Crippen molar-refractivity contribution in [3.05, 3.63) is 60.4 Å². The number of aromatic nitrogens is 2. The lowest BCUT2D eigenvalue weighted by molar-refractivity contribution is -0.121. The van der Waals surface area contributed by atoms with Crippen LogP contribution in [0.2, 0.25) is 0 Å². The third-order valence-corrected chi connectivity index (χ3v) is 4.63. The van der Waals surface area contributed by atoms with Gasteiger partial charge in [0, 0.05) is 31.9 Å². The second-order valence-electron chi connectivity index (χ2n) is 6.64. The highest BCUT2D eigenvalue weighted by Gasteiger charge is 2.30. The Hall–Kier alpha value is -3.19. The Labute approximate surface area is 157 Å². The number of nitrogens with one attached hydrogen (secondary N) is 2. The fraction of sp³-hybridized carbons (Fsp3) is 0.250. The van der Waals surface area contributed by atoms with E-state index in [0.29, 0.717) is 25.3 Å². The smallest absolute Gasteiger partial charge is 0.245 e. The van der Waals surface area contributed by atoms with Crippen LogP contribution in [0.1, 0.15) is 12.5 Å². The molecule has 1 atom stereocenters. The first-order valence-corrected chi connectivity index (χ1v) is 8.95. The summed E-state index contributed by atoms with van der Waals surface area (Å²) in [6.07, 6.45) is 4.40. The molecule has 7 heteroatoms. The Balaban J connectivity index is 1.49. The molecule has 2 N–H and O–H groups in total. The number of fused-ring (bicyclic) bond motifs is 1. The maximum Gasteiger partial charge on any atom is 0.245 e. The van der Waals surface area contributed by atoms with E-state index < -0.39 is 0 Å². The number of amides is 2. The number of hydrogen-bond donors (Lipinski definition) is 2. The predicted molar refractivity (Wildman–Crippen MR) is 104 cm³/mol. The van der Waals surface area contributed by atoms with Crippen molar-refractivity contribution in [1.82, 2.24) is 14.7 Å². The van der Waals surface area contributed by atoms with Gasteiger partial charge in [-0.25, -0.2) is 4.98 Å². The number of imidazole rings is 1. The average molecular weight is 363 g/mol.